The Morgan fingerprint density at radius 1 is 1.22 bits per heavy atom. The highest BCUT2D eigenvalue weighted by Crippen LogP contribution is 2.30. The number of likely N-dealkylation sites (N-methyl/N-ethyl adjacent to an activating group) is 1. The number of benzene rings is 1. The Morgan fingerprint density at radius 3 is 3.00 bits per heavy atom. The third-order valence-corrected chi connectivity index (χ3v) is 3.66. The summed E-state index contributed by atoms with van der Waals surface area (Å²) in [5.74, 6) is 0.596. The topological polar surface area (TPSA) is 61.2 Å². The zero-order valence-electron chi connectivity index (χ0n) is 10.7. The Morgan fingerprint density at radius 2 is 2.11 bits per heavy atom. The van der Waals surface area contributed by atoms with Crippen LogP contribution in [0.25, 0.3) is 10.9 Å². The van der Waals surface area contributed by atoms with Gasteiger partial charge in [0.2, 0.25) is 0 Å². The Kier molecular flexibility index (Phi) is 2.83. The first-order valence-corrected chi connectivity index (χ1v) is 6.42. The molecule has 0 unspecified atom stereocenters. The monoisotopic (exact) mass is 245 g/mol. The fraction of sp³-hybridized carbons (Fsp3) is 0.462. The van der Waals surface area contributed by atoms with Crippen molar-refractivity contribution >= 4 is 22.4 Å². The first-order chi connectivity index (χ1) is 8.75. The molecule has 0 atom stereocenters. The van der Waals surface area contributed by atoms with E-state index < -0.39 is 0 Å². The second-order valence-electron chi connectivity index (χ2n) is 4.95. The fourth-order valence-electron chi connectivity index (χ4n) is 2.63. The number of anilines is 2. The lowest BCUT2D eigenvalue weighted by molar-refractivity contribution is 0.360. The molecule has 96 valence electrons. The maximum Gasteiger partial charge on any atom is 0.155 e. The van der Waals surface area contributed by atoms with Crippen molar-refractivity contribution in [2.45, 2.75) is 6.42 Å². The van der Waals surface area contributed by atoms with Gasteiger partial charge in [0.1, 0.15) is 0 Å². The average molecular weight is 245 g/mol. The van der Waals surface area contributed by atoms with Crippen molar-refractivity contribution in [3.05, 3.63) is 18.2 Å². The van der Waals surface area contributed by atoms with Crippen LogP contribution in [-0.4, -0.2) is 48.3 Å². The number of nitrogen functional groups attached to an aromatic ring is 1. The van der Waals surface area contributed by atoms with Crippen molar-refractivity contribution < 1.29 is 0 Å². The summed E-state index contributed by atoms with van der Waals surface area (Å²) in [6.07, 6.45) is 1.19. The van der Waals surface area contributed by atoms with Gasteiger partial charge in [0.25, 0.3) is 0 Å². The van der Waals surface area contributed by atoms with Crippen molar-refractivity contribution in [1.82, 2.24) is 15.1 Å². The van der Waals surface area contributed by atoms with Crippen molar-refractivity contribution in [1.29, 1.82) is 0 Å². The number of nitrogens with two attached hydrogens (primary N) is 1. The highest BCUT2D eigenvalue weighted by atomic mass is 15.2. The van der Waals surface area contributed by atoms with Crippen LogP contribution in [0.15, 0.2) is 18.2 Å². The van der Waals surface area contributed by atoms with E-state index in [9.17, 15) is 0 Å². The molecular formula is C13H19N5. The van der Waals surface area contributed by atoms with Gasteiger partial charge in [0.15, 0.2) is 5.82 Å². The second kappa shape index (κ2) is 4.49. The van der Waals surface area contributed by atoms with Gasteiger partial charge >= 0.3 is 0 Å². The summed E-state index contributed by atoms with van der Waals surface area (Å²) >= 11 is 0. The molecule has 0 amide bonds. The molecule has 1 aliphatic rings. The van der Waals surface area contributed by atoms with Crippen molar-refractivity contribution in [2.24, 2.45) is 0 Å². The molecule has 0 saturated carbocycles. The van der Waals surface area contributed by atoms with E-state index in [4.69, 9.17) is 5.73 Å². The minimum atomic E-state index is 0.596. The summed E-state index contributed by atoms with van der Waals surface area (Å²) in [6, 6.07) is 6.22. The first kappa shape index (κ1) is 11.3. The van der Waals surface area contributed by atoms with Crippen LogP contribution in [0.2, 0.25) is 0 Å². The summed E-state index contributed by atoms with van der Waals surface area (Å²) in [5, 5.41) is 8.14. The summed E-state index contributed by atoms with van der Waals surface area (Å²) in [7, 11) is 2.18. The number of nitrogens with one attached hydrogen (secondary N) is 1. The lowest BCUT2D eigenvalue weighted by Gasteiger charge is -2.23. The van der Waals surface area contributed by atoms with Gasteiger partial charge in [-0.25, -0.2) is 0 Å². The molecule has 1 aromatic carbocycles. The van der Waals surface area contributed by atoms with Crippen LogP contribution in [0.1, 0.15) is 6.42 Å². The van der Waals surface area contributed by atoms with Crippen LogP contribution >= 0.6 is 0 Å². The summed E-state index contributed by atoms with van der Waals surface area (Å²) < 4.78 is 0. The third-order valence-electron chi connectivity index (χ3n) is 3.66. The van der Waals surface area contributed by atoms with Gasteiger partial charge in [-0.1, -0.05) is 6.07 Å². The lowest BCUT2D eigenvalue weighted by Crippen LogP contribution is -2.28. The third kappa shape index (κ3) is 1.90. The van der Waals surface area contributed by atoms with E-state index in [1.807, 2.05) is 6.07 Å². The molecule has 1 aliphatic heterocycles. The molecule has 1 aromatic heterocycles. The molecule has 2 aromatic rings. The molecule has 0 bridgehead atoms. The zero-order valence-corrected chi connectivity index (χ0v) is 10.7. The standard InChI is InChI=1S/C13H19N5/c1-17-6-3-7-18(9-8-17)11-5-2-4-10-12(11)13(14)16-15-10/h2,4-5H,3,6-9H2,1H3,(H3,14,15,16). The first-order valence-electron chi connectivity index (χ1n) is 6.42. The SMILES string of the molecule is CN1CCCN(c2cccc3[nH]nc(N)c23)CC1. The fourth-order valence-corrected chi connectivity index (χ4v) is 2.63. The Balaban J connectivity index is 2.00. The number of H-pyrrole nitrogens is 1. The second-order valence-corrected chi connectivity index (χ2v) is 4.95. The highest BCUT2D eigenvalue weighted by molar-refractivity contribution is 5.99. The molecule has 18 heavy (non-hydrogen) atoms. The van der Waals surface area contributed by atoms with E-state index in [1.165, 1.54) is 12.1 Å². The number of aromatic amines is 1. The highest BCUT2D eigenvalue weighted by Gasteiger charge is 2.16. The van der Waals surface area contributed by atoms with E-state index in [1.54, 1.807) is 0 Å². The van der Waals surface area contributed by atoms with Gasteiger partial charge in [-0.3, -0.25) is 5.10 Å². The molecule has 1 saturated heterocycles. The van der Waals surface area contributed by atoms with Crippen LogP contribution in [0.5, 0.6) is 0 Å². The quantitative estimate of drug-likeness (QED) is 0.794. The van der Waals surface area contributed by atoms with E-state index in [-0.39, 0.29) is 0 Å². The van der Waals surface area contributed by atoms with Gasteiger partial charge in [0, 0.05) is 25.3 Å². The minimum absolute atomic E-state index is 0.596. The summed E-state index contributed by atoms with van der Waals surface area (Å²) in [4.78, 5) is 4.79. The van der Waals surface area contributed by atoms with Crippen LogP contribution in [0, 0.1) is 0 Å². The van der Waals surface area contributed by atoms with Crippen LogP contribution in [0.4, 0.5) is 11.5 Å². The Labute approximate surface area is 107 Å². The smallest absolute Gasteiger partial charge is 0.155 e. The predicted molar refractivity (Wildman–Crippen MR) is 74.8 cm³/mol. The molecule has 0 spiro atoms. The van der Waals surface area contributed by atoms with E-state index in [0.29, 0.717) is 5.82 Å². The largest absolute Gasteiger partial charge is 0.382 e. The maximum absolute atomic E-state index is 5.97. The zero-order chi connectivity index (χ0) is 12.5. The molecule has 3 rings (SSSR count). The minimum Gasteiger partial charge on any atom is -0.382 e. The molecular weight excluding hydrogens is 226 g/mol. The maximum atomic E-state index is 5.97. The average Bonchev–Trinajstić information content (AvgIpc) is 2.62. The normalized spacial score (nSPS) is 18.2. The van der Waals surface area contributed by atoms with Crippen molar-refractivity contribution in [2.75, 3.05) is 43.9 Å². The Bertz CT molecular complexity index is 547. The van der Waals surface area contributed by atoms with Crippen LogP contribution in [-0.2, 0) is 0 Å². The molecule has 0 radical (unpaired) electrons. The lowest BCUT2D eigenvalue weighted by atomic mass is 10.2. The van der Waals surface area contributed by atoms with Gasteiger partial charge in [-0.2, -0.15) is 5.10 Å². The number of rotatable bonds is 1. The van der Waals surface area contributed by atoms with Gasteiger partial charge in [-0.05, 0) is 32.1 Å². The summed E-state index contributed by atoms with van der Waals surface area (Å²) in [5.41, 5.74) is 8.19. The predicted octanol–water partition coefficient (Wildman–Crippen LogP) is 1.29. The number of fused-ring (bicyclic) bond motifs is 1. The molecule has 2 heterocycles. The molecule has 3 N–H and O–H groups in total. The molecule has 5 nitrogen and oxygen atoms in total. The molecule has 5 heteroatoms. The molecule has 0 aliphatic carbocycles. The van der Waals surface area contributed by atoms with Crippen molar-refractivity contribution in [3.63, 3.8) is 0 Å². The van der Waals surface area contributed by atoms with E-state index >= 15 is 0 Å². The van der Waals surface area contributed by atoms with Gasteiger partial charge < -0.3 is 15.5 Å². The number of hydrogen-bond acceptors (Lipinski definition) is 4. The van der Waals surface area contributed by atoms with Crippen molar-refractivity contribution in [3.8, 4) is 0 Å². The van der Waals surface area contributed by atoms with Crippen LogP contribution in [0.3, 0.4) is 0 Å². The van der Waals surface area contributed by atoms with Gasteiger partial charge in [0.05, 0.1) is 10.9 Å². The number of nitrogens with zero attached hydrogens (tertiary/aromatic N) is 3. The number of aromatic nitrogens is 2. The Hall–Kier alpha value is -1.75. The van der Waals surface area contributed by atoms with Gasteiger partial charge in [-0.15, -0.1) is 0 Å². The van der Waals surface area contributed by atoms with Crippen LogP contribution < -0.4 is 10.6 Å². The summed E-state index contributed by atoms with van der Waals surface area (Å²) in [6.45, 7) is 4.37. The number of hydrogen-bond donors (Lipinski definition) is 2. The molecule has 1 fully saturated rings. The van der Waals surface area contributed by atoms with E-state index in [0.717, 1.165) is 37.1 Å². The van der Waals surface area contributed by atoms with E-state index in [2.05, 4.69) is 39.2 Å².